The van der Waals surface area contributed by atoms with E-state index in [1.54, 1.807) is 6.92 Å². The maximum absolute atomic E-state index is 11.2. The van der Waals surface area contributed by atoms with Gasteiger partial charge in [-0.2, -0.15) is 0 Å². The largest absolute Gasteiger partial charge is 0.368 e. The second kappa shape index (κ2) is 4.88. The first-order valence-corrected chi connectivity index (χ1v) is 6.18. The van der Waals surface area contributed by atoms with Crippen molar-refractivity contribution in [2.45, 2.75) is 32.9 Å². The Morgan fingerprint density at radius 3 is 2.18 bits per heavy atom. The smallest absolute Gasteiger partial charge is 0.159 e. The first-order valence-electron chi connectivity index (χ1n) is 6.18. The number of carbonyl (C=O) groups excluding carboxylic acids is 1. The van der Waals surface area contributed by atoms with Gasteiger partial charge in [0, 0.05) is 36.4 Å². The second-order valence-electron chi connectivity index (χ2n) is 4.98. The van der Waals surface area contributed by atoms with Gasteiger partial charge in [0.1, 0.15) is 0 Å². The number of piperazine rings is 1. The Bertz CT molecular complexity index is 389. The molecule has 3 nitrogen and oxygen atoms in total. The number of ketones is 1. The summed E-state index contributed by atoms with van der Waals surface area (Å²) in [5, 5.41) is 3.51. The molecule has 0 aromatic heterocycles. The molecule has 0 saturated carbocycles. The van der Waals surface area contributed by atoms with Crippen LogP contribution < -0.4 is 10.2 Å². The third kappa shape index (κ3) is 2.86. The molecule has 1 aromatic rings. The van der Waals surface area contributed by atoms with Gasteiger partial charge in [-0.1, -0.05) is 0 Å². The van der Waals surface area contributed by atoms with Crippen LogP contribution in [0.25, 0.3) is 0 Å². The van der Waals surface area contributed by atoms with Gasteiger partial charge in [-0.15, -0.1) is 0 Å². The number of benzene rings is 1. The van der Waals surface area contributed by atoms with Crippen molar-refractivity contribution in [3.05, 3.63) is 29.8 Å². The molecule has 92 valence electrons. The lowest BCUT2D eigenvalue weighted by Crippen LogP contribution is -2.54. The fraction of sp³-hybridized carbons (Fsp3) is 0.500. The molecule has 1 aromatic carbocycles. The molecule has 1 aliphatic heterocycles. The molecule has 1 heterocycles. The summed E-state index contributed by atoms with van der Waals surface area (Å²) in [5.41, 5.74) is 1.99. The van der Waals surface area contributed by atoms with E-state index in [1.807, 2.05) is 24.3 Å². The van der Waals surface area contributed by atoms with Crippen molar-refractivity contribution in [2.75, 3.05) is 18.0 Å². The van der Waals surface area contributed by atoms with Crippen molar-refractivity contribution in [3.63, 3.8) is 0 Å². The van der Waals surface area contributed by atoms with Crippen LogP contribution in [0.4, 0.5) is 5.69 Å². The van der Waals surface area contributed by atoms with Gasteiger partial charge in [-0.3, -0.25) is 4.79 Å². The molecule has 0 aliphatic carbocycles. The molecule has 17 heavy (non-hydrogen) atoms. The zero-order valence-corrected chi connectivity index (χ0v) is 10.7. The number of carbonyl (C=O) groups is 1. The molecule has 0 amide bonds. The molecule has 0 spiro atoms. The molecule has 2 unspecified atom stereocenters. The van der Waals surface area contributed by atoms with Crippen molar-refractivity contribution in [2.24, 2.45) is 0 Å². The molecular formula is C14H20N2O. The summed E-state index contributed by atoms with van der Waals surface area (Å²) in [6, 6.07) is 8.92. The number of nitrogens with zero attached hydrogens (tertiary/aromatic N) is 1. The van der Waals surface area contributed by atoms with Crippen molar-refractivity contribution in [1.82, 2.24) is 5.32 Å². The average molecular weight is 232 g/mol. The quantitative estimate of drug-likeness (QED) is 0.792. The SMILES string of the molecule is CC(=O)c1ccc(N2CC(C)NC(C)C2)cc1. The van der Waals surface area contributed by atoms with Gasteiger partial charge in [-0.25, -0.2) is 0 Å². The highest BCUT2D eigenvalue weighted by atomic mass is 16.1. The summed E-state index contributed by atoms with van der Waals surface area (Å²) in [4.78, 5) is 13.6. The van der Waals surface area contributed by atoms with Crippen molar-refractivity contribution in [3.8, 4) is 0 Å². The van der Waals surface area contributed by atoms with Gasteiger partial charge in [-0.05, 0) is 45.0 Å². The molecule has 0 bridgehead atoms. The highest BCUT2D eigenvalue weighted by Crippen LogP contribution is 2.18. The Hall–Kier alpha value is -1.35. The highest BCUT2D eigenvalue weighted by molar-refractivity contribution is 5.94. The fourth-order valence-corrected chi connectivity index (χ4v) is 2.44. The standard InChI is InChI=1S/C14H20N2O/c1-10-8-16(9-11(2)15-10)14-6-4-13(5-7-14)12(3)17/h4-7,10-11,15H,8-9H2,1-3H3. The van der Waals surface area contributed by atoms with E-state index in [0.717, 1.165) is 18.7 Å². The van der Waals surface area contributed by atoms with E-state index in [4.69, 9.17) is 0 Å². The van der Waals surface area contributed by atoms with Crippen LogP contribution in [0.3, 0.4) is 0 Å². The molecule has 2 atom stereocenters. The highest BCUT2D eigenvalue weighted by Gasteiger charge is 2.20. The van der Waals surface area contributed by atoms with Crippen LogP contribution >= 0.6 is 0 Å². The van der Waals surface area contributed by atoms with Crippen molar-refractivity contribution < 1.29 is 4.79 Å². The number of hydrogen-bond donors (Lipinski definition) is 1. The topological polar surface area (TPSA) is 32.3 Å². The van der Waals surface area contributed by atoms with Gasteiger partial charge in [0.15, 0.2) is 5.78 Å². The molecule has 1 fully saturated rings. The van der Waals surface area contributed by atoms with E-state index in [9.17, 15) is 4.79 Å². The minimum Gasteiger partial charge on any atom is -0.368 e. The van der Waals surface area contributed by atoms with E-state index >= 15 is 0 Å². The molecule has 2 rings (SSSR count). The summed E-state index contributed by atoms with van der Waals surface area (Å²) in [6.07, 6.45) is 0. The lowest BCUT2D eigenvalue weighted by atomic mass is 10.1. The molecular weight excluding hydrogens is 212 g/mol. The predicted molar refractivity (Wildman–Crippen MR) is 70.7 cm³/mol. The second-order valence-corrected chi connectivity index (χ2v) is 4.98. The van der Waals surface area contributed by atoms with E-state index < -0.39 is 0 Å². The minimum atomic E-state index is 0.124. The lowest BCUT2D eigenvalue weighted by molar-refractivity contribution is 0.101. The average Bonchev–Trinajstić information content (AvgIpc) is 2.28. The maximum Gasteiger partial charge on any atom is 0.159 e. The van der Waals surface area contributed by atoms with Crippen LogP contribution in [0, 0.1) is 0 Å². The Balaban J connectivity index is 2.14. The number of rotatable bonds is 2. The summed E-state index contributed by atoms with van der Waals surface area (Å²) >= 11 is 0. The van der Waals surface area contributed by atoms with Gasteiger partial charge < -0.3 is 10.2 Å². The summed E-state index contributed by atoms with van der Waals surface area (Å²) in [5.74, 6) is 0.124. The normalized spacial score (nSPS) is 24.8. The third-order valence-electron chi connectivity index (χ3n) is 3.20. The Kier molecular flexibility index (Phi) is 3.48. The lowest BCUT2D eigenvalue weighted by Gasteiger charge is -2.37. The van der Waals surface area contributed by atoms with Crippen LogP contribution in [-0.4, -0.2) is 31.0 Å². The van der Waals surface area contributed by atoms with Gasteiger partial charge >= 0.3 is 0 Å². The van der Waals surface area contributed by atoms with Gasteiger partial charge in [0.05, 0.1) is 0 Å². The first-order chi connectivity index (χ1) is 8.06. The minimum absolute atomic E-state index is 0.124. The monoisotopic (exact) mass is 232 g/mol. The summed E-state index contributed by atoms with van der Waals surface area (Å²) in [6.45, 7) is 8.04. The van der Waals surface area contributed by atoms with E-state index in [0.29, 0.717) is 12.1 Å². The van der Waals surface area contributed by atoms with E-state index in [-0.39, 0.29) is 5.78 Å². The van der Waals surface area contributed by atoms with E-state index in [1.165, 1.54) is 5.69 Å². The Labute approximate surface area is 103 Å². The van der Waals surface area contributed by atoms with Crippen molar-refractivity contribution in [1.29, 1.82) is 0 Å². The maximum atomic E-state index is 11.2. The molecule has 1 N–H and O–H groups in total. The van der Waals surface area contributed by atoms with Crippen molar-refractivity contribution >= 4 is 11.5 Å². The van der Waals surface area contributed by atoms with Gasteiger partial charge in [0.2, 0.25) is 0 Å². The van der Waals surface area contributed by atoms with Crippen LogP contribution in [0.15, 0.2) is 24.3 Å². The third-order valence-corrected chi connectivity index (χ3v) is 3.20. The number of hydrogen-bond acceptors (Lipinski definition) is 3. The zero-order chi connectivity index (χ0) is 12.4. The fourth-order valence-electron chi connectivity index (χ4n) is 2.44. The Morgan fingerprint density at radius 1 is 1.18 bits per heavy atom. The van der Waals surface area contributed by atoms with Gasteiger partial charge in [0.25, 0.3) is 0 Å². The number of anilines is 1. The zero-order valence-electron chi connectivity index (χ0n) is 10.7. The van der Waals surface area contributed by atoms with Crippen LogP contribution in [0.5, 0.6) is 0 Å². The van der Waals surface area contributed by atoms with Crippen LogP contribution in [0.1, 0.15) is 31.1 Å². The molecule has 0 radical (unpaired) electrons. The first kappa shape index (κ1) is 12.1. The van der Waals surface area contributed by atoms with E-state index in [2.05, 4.69) is 24.1 Å². The molecule has 1 saturated heterocycles. The van der Waals surface area contributed by atoms with Crippen LogP contribution in [0.2, 0.25) is 0 Å². The molecule has 3 heteroatoms. The van der Waals surface area contributed by atoms with Crippen LogP contribution in [-0.2, 0) is 0 Å². The predicted octanol–water partition coefficient (Wildman–Crippen LogP) is 2.08. The Morgan fingerprint density at radius 2 is 1.71 bits per heavy atom. The number of Topliss-reactive ketones (excluding diaryl/α,β-unsaturated/α-hetero) is 1. The molecule has 1 aliphatic rings. The summed E-state index contributed by atoms with van der Waals surface area (Å²) in [7, 11) is 0. The number of nitrogens with one attached hydrogen (secondary N) is 1. The summed E-state index contributed by atoms with van der Waals surface area (Å²) < 4.78 is 0.